The summed E-state index contributed by atoms with van der Waals surface area (Å²) in [6.45, 7) is 2.99. The average molecular weight is 328 g/mol. The fraction of sp³-hybridized carbons (Fsp3) is 0.538. The topological polar surface area (TPSA) is 54.3 Å². The third-order valence-electron chi connectivity index (χ3n) is 3.73. The molecule has 2 rings (SSSR count). The fourth-order valence-electron chi connectivity index (χ4n) is 2.52. The lowest BCUT2D eigenvalue weighted by molar-refractivity contribution is -0.128. The molecule has 5 nitrogen and oxygen atoms in total. The first-order valence-electron chi connectivity index (χ1n) is 6.21. The first-order valence-corrected chi connectivity index (χ1v) is 7.00. The summed E-state index contributed by atoms with van der Waals surface area (Å²) in [4.78, 5) is 26.0. The van der Waals surface area contributed by atoms with Crippen LogP contribution in [0.15, 0.2) is 16.7 Å². The number of carbonyl (C=O) groups excluding carboxylic acids is 2. The minimum Gasteiger partial charge on any atom is -0.359 e. The number of aromatic nitrogens is 1. The maximum atomic E-state index is 12.4. The van der Waals surface area contributed by atoms with Crippen molar-refractivity contribution in [1.82, 2.24) is 14.8 Å². The van der Waals surface area contributed by atoms with Gasteiger partial charge in [0.2, 0.25) is 5.91 Å². The maximum Gasteiger partial charge on any atom is 0.270 e. The van der Waals surface area contributed by atoms with Crippen LogP contribution in [0.2, 0.25) is 0 Å². The number of rotatable bonds is 2. The summed E-state index contributed by atoms with van der Waals surface area (Å²) in [6, 6.07) is 1.80. The van der Waals surface area contributed by atoms with Crippen molar-refractivity contribution < 1.29 is 9.59 Å². The molecule has 1 saturated heterocycles. The Morgan fingerprint density at radius 1 is 1.47 bits per heavy atom. The van der Waals surface area contributed by atoms with Crippen molar-refractivity contribution in [1.29, 1.82) is 0 Å². The summed E-state index contributed by atoms with van der Waals surface area (Å²) < 4.78 is 2.67. The quantitative estimate of drug-likeness (QED) is 0.892. The van der Waals surface area contributed by atoms with E-state index in [1.165, 1.54) is 0 Å². The first-order chi connectivity index (χ1) is 8.87. The van der Waals surface area contributed by atoms with Crippen LogP contribution in [-0.2, 0) is 11.8 Å². The van der Waals surface area contributed by atoms with Gasteiger partial charge in [-0.05, 0) is 35.3 Å². The van der Waals surface area contributed by atoms with Gasteiger partial charge in [-0.25, -0.2) is 0 Å². The second kappa shape index (κ2) is 5.00. The van der Waals surface area contributed by atoms with Crippen LogP contribution in [0.25, 0.3) is 0 Å². The number of amides is 2. The van der Waals surface area contributed by atoms with Gasteiger partial charge >= 0.3 is 0 Å². The third-order valence-corrected chi connectivity index (χ3v) is 4.16. The Labute approximate surface area is 121 Å². The van der Waals surface area contributed by atoms with Crippen molar-refractivity contribution in [2.45, 2.75) is 13.3 Å². The average Bonchev–Trinajstić information content (AvgIpc) is 2.92. The van der Waals surface area contributed by atoms with E-state index in [0.717, 1.165) is 4.47 Å². The predicted molar refractivity (Wildman–Crippen MR) is 75.8 cm³/mol. The monoisotopic (exact) mass is 327 g/mol. The molecule has 1 aliphatic heterocycles. The Hall–Kier alpha value is -1.30. The van der Waals surface area contributed by atoms with Gasteiger partial charge in [-0.2, -0.15) is 0 Å². The molecule has 2 heterocycles. The number of nitrogens with one attached hydrogen (secondary N) is 1. The van der Waals surface area contributed by atoms with E-state index in [9.17, 15) is 9.59 Å². The highest BCUT2D eigenvalue weighted by molar-refractivity contribution is 9.10. The minimum absolute atomic E-state index is 0.00383. The molecule has 1 aromatic rings. The van der Waals surface area contributed by atoms with E-state index in [-0.39, 0.29) is 11.8 Å². The lowest BCUT2D eigenvalue weighted by Crippen LogP contribution is -2.40. The molecular weight excluding hydrogens is 310 g/mol. The fourth-order valence-corrected chi connectivity index (χ4v) is 3.04. The molecule has 0 aromatic carbocycles. The van der Waals surface area contributed by atoms with Crippen molar-refractivity contribution in [3.63, 3.8) is 0 Å². The van der Waals surface area contributed by atoms with Gasteiger partial charge in [0, 0.05) is 37.9 Å². The van der Waals surface area contributed by atoms with Gasteiger partial charge in [0.25, 0.3) is 5.91 Å². The number of nitrogens with zero attached hydrogens (tertiary/aromatic N) is 2. The largest absolute Gasteiger partial charge is 0.359 e. The van der Waals surface area contributed by atoms with Gasteiger partial charge in [-0.1, -0.05) is 0 Å². The van der Waals surface area contributed by atoms with Gasteiger partial charge in [0.15, 0.2) is 0 Å². The molecule has 0 saturated carbocycles. The van der Waals surface area contributed by atoms with E-state index in [1.807, 2.05) is 20.2 Å². The molecule has 1 aliphatic rings. The summed E-state index contributed by atoms with van der Waals surface area (Å²) in [7, 11) is 3.47. The Morgan fingerprint density at radius 3 is 2.68 bits per heavy atom. The molecule has 2 amide bonds. The normalized spacial score (nSPS) is 22.6. The van der Waals surface area contributed by atoms with Gasteiger partial charge in [0.05, 0.1) is 5.41 Å². The molecule has 1 fully saturated rings. The predicted octanol–water partition coefficient (Wildman–Crippen LogP) is 1.39. The van der Waals surface area contributed by atoms with Crippen molar-refractivity contribution in [2.75, 3.05) is 20.1 Å². The number of hydrogen-bond donors (Lipinski definition) is 1. The number of aryl methyl sites for hydroxylation is 1. The summed E-state index contributed by atoms with van der Waals surface area (Å²) in [5.41, 5.74) is 0.153. The lowest BCUT2D eigenvalue weighted by atomic mass is 9.89. The van der Waals surface area contributed by atoms with E-state index in [2.05, 4.69) is 21.2 Å². The smallest absolute Gasteiger partial charge is 0.270 e. The van der Waals surface area contributed by atoms with E-state index in [1.54, 1.807) is 22.6 Å². The zero-order valence-corrected chi connectivity index (χ0v) is 13.0. The highest BCUT2D eigenvalue weighted by Gasteiger charge is 2.41. The van der Waals surface area contributed by atoms with E-state index in [4.69, 9.17) is 0 Å². The highest BCUT2D eigenvalue weighted by Crippen LogP contribution is 2.31. The third kappa shape index (κ3) is 2.54. The summed E-state index contributed by atoms with van der Waals surface area (Å²) >= 11 is 3.36. The molecule has 0 bridgehead atoms. The van der Waals surface area contributed by atoms with E-state index in [0.29, 0.717) is 25.2 Å². The minimum atomic E-state index is -0.479. The van der Waals surface area contributed by atoms with Crippen molar-refractivity contribution in [2.24, 2.45) is 12.5 Å². The summed E-state index contributed by atoms with van der Waals surface area (Å²) in [5, 5.41) is 2.67. The zero-order valence-electron chi connectivity index (χ0n) is 11.4. The highest BCUT2D eigenvalue weighted by atomic mass is 79.9. The maximum absolute atomic E-state index is 12.4. The van der Waals surface area contributed by atoms with E-state index < -0.39 is 5.41 Å². The summed E-state index contributed by atoms with van der Waals surface area (Å²) in [5.74, 6) is -0.0308. The lowest BCUT2D eigenvalue weighted by Gasteiger charge is -2.22. The van der Waals surface area contributed by atoms with Crippen LogP contribution in [0.1, 0.15) is 23.8 Å². The molecule has 19 heavy (non-hydrogen) atoms. The second-order valence-corrected chi connectivity index (χ2v) is 6.19. The van der Waals surface area contributed by atoms with Crippen LogP contribution in [0.5, 0.6) is 0 Å². The first kappa shape index (κ1) is 14.1. The standard InChI is InChI=1S/C13H18BrN3O2/c1-13(12(19)15-2)4-5-17(8-13)11(18)10-6-9(14)7-16(10)3/h6-7H,4-5,8H2,1-3H3,(H,15,19). The molecule has 0 radical (unpaired) electrons. The van der Waals surface area contributed by atoms with Gasteiger partial charge in [-0.3, -0.25) is 9.59 Å². The van der Waals surface area contributed by atoms with Crippen LogP contribution < -0.4 is 5.32 Å². The summed E-state index contributed by atoms with van der Waals surface area (Å²) in [6.07, 6.45) is 2.55. The van der Waals surface area contributed by atoms with Crippen molar-refractivity contribution >= 4 is 27.7 Å². The molecule has 1 atom stereocenters. The molecule has 1 N–H and O–H groups in total. The Kier molecular flexibility index (Phi) is 3.71. The van der Waals surface area contributed by atoms with Crippen LogP contribution in [0, 0.1) is 5.41 Å². The number of carbonyl (C=O) groups is 2. The van der Waals surface area contributed by atoms with Gasteiger partial charge < -0.3 is 14.8 Å². The Bertz CT molecular complexity index is 526. The molecular formula is C13H18BrN3O2. The molecule has 0 spiro atoms. The molecule has 1 unspecified atom stereocenters. The zero-order chi connectivity index (χ0) is 14.2. The van der Waals surface area contributed by atoms with Crippen LogP contribution in [0.4, 0.5) is 0 Å². The number of halogens is 1. The van der Waals surface area contributed by atoms with Gasteiger partial charge in [-0.15, -0.1) is 0 Å². The number of likely N-dealkylation sites (tertiary alicyclic amines) is 1. The van der Waals surface area contributed by atoms with Crippen LogP contribution in [-0.4, -0.2) is 41.4 Å². The molecule has 1 aromatic heterocycles. The van der Waals surface area contributed by atoms with Crippen LogP contribution in [0.3, 0.4) is 0 Å². The van der Waals surface area contributed by atoms with E-state index >= 15 is 0 Å². The Balaban J connectivity index is 2.15. The number of hydrogen-bond acceptors (Lipinski definition) is 2. The SMILES string of the molecule is CNC(=O)C1(C)CCN(C(=O)c2cc(Br)cn2C)C1. The molecule has 0 aliphatic carbocycles. The van der Waals surface area contributed by atoms with Crippen LogP contribution >= 0.6 is 15.9 Å². The Morgan fingerprint density at radius 2 is 2.16 bits per heavy atom. The molecule has 104 valence electrons. The second-order valence-electron chi connectivity index (χ2n) is 5.27. The van der Waals surface area contributed by atoms with Crippen molar-refractivity contribution in [3.05, 3.63) is 22.4 Å². The van der Waals surface area contributed by atoms with Gasteiger partial charge in [0.1, 0.15) is 5.69 Å². The van der Waals surface area contributed by atoms with Crippen molar-refractivity contribution in [3.8, 4) is 0 Å². The molecule has 6 heteroatoms.